The number of nitrogens with zero attached hydrogens (tertiary/aromatic N) is 2. The number of hydrogen-bond donors (Lipinski definition) is 1. The Bertz CT molecular complexity index is 600. The predicted octanol–water partition coefficient (Wildman–Crippen LogP) is 3.29. The number of imidazole rings is 1. The summed E-state index contributed by atoms with van der Waals surface area (Å²) in [6.45, 7) is 0. The number of alkyl halides is 1. The number of halogens is 1. The lowest BCUT2D eigenvalue weighted by molar-refractivity contribution is 1.00. The summed E-state index contributed by atoms with van der Waals surface area (Å²) in [5.41, 5.74) is 2.63. The molecule has 3 aromatic rings. The minimum Gasteiger partial charge on any atom is -0.339 e. The smallest absolute Gasteiger partial charge is 0.177 e. The topological polar surface area (TPSA) is 41.6 Å². The maximum absolute atomic E-state index is 6.38. The van der Waals surface area contributed by atoms with Crippen molar-refractivity contribution in [2.75, 3.05) is 0 Å². The highest BCUT2D eigenvalue weighted by Gasteiger charge is 2.14. The summed E-state index contributed by atoms with van der Waals surface area (Å²) in [7, 11) is 0. The molecule has 1 unspecified atom stereocenters. The fourth-order valence-corrected chi connectivity index (χ4v) is 2.01. The van der Waals surface area contributed by atoms with Crippen LogP contribution in [0.1, 0.15) is 16.8 Å². The Balaban J connectivity index is 2.04. The van der Waals surface area contributed by atoms with Gasteiger partial charge in [-0.2, -0.15) is 0 Å². The van der Waals surface area contributed by atoms with Gasteiger partial charge in [-0.25, -0.2) is 9.97 Å². The van der Waals surface area contributed by atoms with E-state index >= 15 is 0 Å². The number of nitrogens with one attached hydrogen (secondary N) is 1. The Kier molecular flexibility index (Phi) is 2.53. The van der Waals surface area contributed by atoms with Gasteiger partial charge in [-0.15, -0.1) is 11.6 Å². The van der Waals surface area contributed by atoms with Crippen LogP contribution in [0.15, 0.2) is 48.7 Å². The molecule has 3 rings (SSSR count). The van der Waals surface area contributed by atoms with Crippen LogP contribution >= 0.6 is 11.6 Å². The van der Waals surface area contributed by atoms with E-state index in [2.05, 4.69) is 15.0 Å². The molecular weight excluding hydrogens is 234 g/mol. The van der Waals surface area contributed by atoms with E-state index in [1.165, 1.54) is 0 Å². The van der Waals surface area contributed by atoms with Gasteiger partial charge in [0, 0.05) is 6.20 Å². The first-order valence-electron chi connectivity index (χ1n) is 5.34. The predicted molar refractivity (Wildman–Crippen MR) is 68.0 cm³/mol. The molecule has 2 heterocycles. The van der Waals surface area contributed by atoms with Crippen molar-refractivity contribution in [1.82, 2.24) is 15.0 Å². The molecule has 84 valence electrons. The van der Waals surface area contributed by atoms with Gasteiger partial charge >= 0.3 is 0 Å². The highest BCUT2D eigenvalue weighted by atomic mass is 35.5. The summed E-state index contributed by atoms with van der Waals surface area (Å²) in [6.07, 6.45) is 1.72. The fraction of sp³-hybridized carbons (Fsp3) is 0.0769. The number of aromatic nitrogens is 3. The second-order valence-electron chi connectivity index (χ2n) is 3.77. The number of benzene rings is 1. The van der Waals surface area contributed by atoms with Crippen LogP contribution in [0.25, 0.3) is 11.2 Å². The molecule has 0 bridgehead atoms. The van der Waals surface area contributed by atoms with Gasteiger partial charge in [0.1, 0.15) is 11.2 Å². The van der Waals surface area contributed by atoms with Crippen molar-refractivity contribution in [2.24, 2.45) is 0 Å². The largest absolute Gasteiger partial charge is 0.339 e. The molecule has 4 heteroatoms. The molecule has 0 aliphatic rings. The third-order valence-corrected chi connectivity index (χ3v) is 3.07. The van der Waals surface area contributed by atoms with Crippen LogP contribution in [0, 0.1) is 0 Å². The number of aromatic amines is 1. The maximum atomic E-state index is 6.38. The van der Waals surface area contributed by atoms with E-state index in [0.717, 1.165) is 16.9 Å². The summed E-state index contributed by atoms with van der Waals surface area (Å²) in [5.74, 6) is 0.728. The monoisotopic (exact) mass is 243 g/mol. The SMILES string of the molecule is ClC(c1ccccc1)c1nc2ncccc2[nH]1. The molecule has 0 saturated carbocycles. The van der Waals surface area contributed by atoms with E-state index in [1.54, 1.807) is 6.20 Å². The third-order valence-electron chi connectivity index (χ3n) is 2.61. The Morgan fingerprint density at radius 1 is 1.06 bits per heavy atom. The normalized spacial score (nSPS) is 12.8. The number of hydrogen-bond acceptors (Lipinski definition) is 2. The minimum absolute atomic E-state index is 0.273. The van der Waals surface area contributed by atoms with Gasteiger partial charge < -0.3 is 4.98 Å². The second-order valence-corrected chi connectivity index (χ2v) is 4.21. The molecule has 0 fully saturated rings. The number of rotatable bonds is 2. The molecule has 0 spiro atoms. The molecular formula is C13H10ClN3. The minimum atomic E-state index is -0.273. The lowest BCUT2D eigenvalue weighted by Crippen LogP contribution is -1.95. The van der Waals surface area contributed by atoms with Crippen LogP contribution in [0.5, 0.6) is 0 Å². The molecule has 0 radical (unpaired) electrons. The second kappa shape index (κ2) is 4.18. The third kappa shape index (κ3) is 1.89. The van der Waals surface area contributed by atoms with E-state index in [0.29, 0.717) is 5.65 Å². The first-order chi connectivity index (χ1) is 8.34. The fourth-order valence-electron chi connectivity index (χ4n) is 1.76. The maximum Gasteiger partial charge on any atom is 0.177 e. The first-order valence-corrected chi connectivity index (χ1v) is 5.78. The van der Waals surface area contributed by atoms with Crippen LogP contribution in [-0.2, 0) is 0 Å². The quantitative estimate of drug-likeness (QED) is 0.702. The van der Waals surface area contributed by atoms with Gasteiger partial charge in [0.05, 0.1) is 5.52 Å². The van der Waals surface area contributed by atoms with E-state index < -0.39 is 0 Å². The molecule has 2 aromatic heterocycles. The van der Waals surface area contributed by atoms with Crippen LogP contribution in [-0.4, -0.2) is 15.0 Å². The lowest BCUT2D eigenvalue weighted by atomic mass is 10.1. The first kappa shape index (κ1) is 10.3. The molecule has 17 heavy (non-hydrogen) atoms. The van der Waals surface area contributed by atoms with E-state index in [-0.39, 0.29) is 5.38 Å². The van der Waals surface area contributed by atoms with Crippen molar-refractivity contribution < 1.29 is 0 Å². The summed E-state index contributed by atoms with van der Waals surface area (Å²) in [4.78, 5) is 11.8. The molecule has 1 atom stereocenters. The summed E-state index contributed by atoms with van der Waals surface area (Å²) in [5, 5.41) is -0.273. The van der Waals surface area contributed by atoms with Crippen molar-refractivity contribution in [3.63, 3.8) is 0 Å². The molecule has 0 saturated heterocycles. The highest BCUT2D eigenvalue weighted by molar-refractivity contribution is 6.22. The van der Waals surface area contributed by atoms with Gasteiger partial charge in [0.2, 0.25) is 0 Å². The lowest BCUT2D eigenvalue weighted by Gasteiger charge is -2.05. The van der Waals surface area contributed by atoms with Gasteiger partial charge in [-0.05, 0) is 17.7 Å². The number of H-pyrrole nitrogens is 1. The van der Waals surface area contributed by atoms with E-state index in [4.69, 9.17) is 11.6 Å². The number of fused-ring (bicyclic) bond motifs is 1. The average molecular weight is 244 g/mol. The van der Waals surface area contributed by atoms with E-state index in [9.17, 15) is 0 Å². The van der Waals surface area contributed by atoms with Gasteiger partial charge in [0.25, 0.3) is 0 Å². The van der Waals surface area contributed by atoms with Crippen molar-refractivity contribution in [3.05, 3.63) is 60.0 Å². The van der Waals surface area contributed by atoms with E-state index in [1.807, 2.05) is 42.5 Å². The molecule has 0 aliphatic carbocycles. The van der Waals surface area contributed by atoms with Crippen LogP contribution < -0.4 is 0 Å². The Hall–Kier alpha value is -1.87. The average Bonchev–Trinajstić information content (AvgIpc) is 2.82. The van der Waals surface area contributed by atoms with Crippen LogP contribution in [0.3, 0.4) is 0 Å². The molecule has 0 amide bonds. The van der Waals surface area contributed by atoms with Crippen LogP contribution in [0.4, 0.5) is 0 Å². The zero-order valence-electron chi connectivity index (χ0n) is 8.97. The Morgan fingerprint density at radius 3 is 2.65 bits per heavy atom. The van der Waals surface area contributed by atoms with Gasteiger partial charge in [-0.1, -0.05) is 30.3 Å². The summed E-state index contributed by atoms with van der Waals surface area (Å²) < 4.78 is 0. The summed E-state index contributed by atoms with van der Waals surface area (Å²) >= 11 is 6.38. The molecule has 1 N–H and O–H groups in total. The zero-order chi connectivity index (χ0) is 11.7. The molecule has 3 nitrogen and oxygen atoms in total. The zero-order valence-corrected chi connectivity index (χ0v) is 9.72. The number of pyridine rings is 1. The summed E-state index contributed by atoms with van der Waals surface area (Å²) in [6, 6.07) is 13.7. The van der Waals surface area contributed by atoms with Crippen molar-refractivity contribution in [3.8, 4) is 0 Å². The van der Waals surface area contributed by atoms with Gasteiger partial charge in [-0.3, -0.25) is 0 Å². The van der Waals surface area contributed by atoms with Crippen LogP contribution in [0.2, 0.25) is 0 Å². The highest BCUT2D eigenvalue weighted by Crippen LogP contribution is 2.27. The van der Waals surface area contributed by atoms with Crippen molar-refractivity contribution >= 4 is 22.8 Å². The van der Waals surface area contributed by atoms with Crippen molar-refractivity contribution in [2.45, 2.75) is 5.38 Å². The molecule has 0 aliphatic heterocycles. The standard InChI is InChI=1S/C13H10ClN3/c14-11(9-5-2-1-3-6-9)13-16-10-7-4-8-15-12(10)17-13/h1-8,11H,(H,15,16,17). The molecule has 1 aromatic carbocycles. The van der Waals surface area contributed by atoms with Gasteiger partial charge in [0.15, 0.2) is 5.65 Å². The Morgan fingerprint density at radius 2 is 1.88 bits per heavy atom. The Labute approximate surface area is 103 Å². The van der Waals surface area contributed by atoms with Crippen molar-refractivity contribution in [1.29, 1.82) is 0 Å².